The number of hydrogen-bond acceptors (Lipinski definition) is 3. The summed E-state index contributed by atoms with van der Waals surface area (Å²) in [6.07, 6.45) is -1.79. The molecule has 9 heteroatoms. The molecule has 3 aromatic rings. The van der Waals surface area contributed by atoms with Gasteiger partial charge >= 0.3 is 6.18 Å². The van der Waals surface area contributed by atoms with E-state index in [1.165, 1.54) is 6.07 Å². The topological polar surface area (TPSA) is 59.3 Å². The third-order valence-electron chi connectivity index (χ3n) is 5.59. The number of nitrogens with zero attached hydrogens (tertiary/aromatic N) is 3. The molecule has 0 bridgehead atoms. The maximum Gasteiger partial charge on any atom is 0.434 e. The van der Waals surface area contributed by atoms with Crippen molar-refractivity contribution < 1.29 is 22.4 Å². The first kappa shape index (κ1) is 19.0. The Labute approximate surface area is 169 Å². The first-order valence-electron chi connectivity index (χ1n) is 9.75. The number of carbonyl (C=O) groups excluding carboxylic acids is 1. The number of aromatic nitrogens is 3. The molecule has 3 heterocycles. The van der Waals surface area contributed by atoms with E-state index >= 15 is 0 Å². The highest BCUT2D eigenvalue weighted by Crippen LogP contribution is 2.46. The van der Waals surface area contributed by atoms with Crippen LogP contribution in [0.1, 0.15) is 61.2 Å². The highest BCUT2D eigenvalue weighted by molar-refractivity contribution is 6.00. The molecule has 0 unspecified atom stereocenters. The van der Waals surface area contributed by atoms with Gasteiger partial charge in [0.15, 0.2) is 5.69 Å². The second-order valence-electron chi connectivity index (χ2n) is 8.19. The zero-order valence-corrected chi connectivity index (χ0v) is 16.3. The molecule has 30 heavy (non-hydrogen) atoms. The molecule has 156 valence electrons. The fourth-order valence-corrected chi connectivity index (χ4v) is 4.20. The van der Waals surface area contributed by atoms with E-state index in [2.05, 4.69) is 15.3 Å². The zero-order chi connectivity index (χ0) is 21.4. The molecule has 2 aromatic heterocycles. The Morgan fingerprint density at radius 3 is 2.60 bits per heavy atom. The second kappa shape index (κ2) is 6.26. The van der Waals surface area contributed by atoms with E-state index in [0.29, 0.717) is 5.56 Å². The summed E-state index contributed by atoms with van der Waals surface area (Å²) in [5.41, 5.74) is 0.689. The van der Waals surface area contributed by atoms with Gasteiger partial charge in [-0.05, 0) is 42.0 Å². The highest BCUT2D eigenvalue weighted by atomic mass is 19.4. The van der Waals surface area contributed by atoms with E-state index in [4.69, 9.17) is 0 Å². The maximum absolute atomic E-state index is 14.6. The van der Waals surface area contributed by atoms with Gasteiger partial charge in [-0.2, -0.15) is 13.2 Å². The molecule has 1 fully saturated rings. The summed E-state index contributed by atoms with van der Waals surface area (Å²) in [4.78, 5) is 20.0. The number of anilines is 1. The summed E-state index contributed by atoms with van der Waals surface area (Å²) in [5, 5.41) is 2.41. The van der Waals surface area contributed by atoms with Gasteiger partial charge in [-0.1, -0.05) is 13.8 Å². The molecular weight excluding hydrogens is 400 g/mol. The van der Waals surface area contributed by atoms with Gasteiger partial charge in [0.2, 0.25) is 5.91 Å². The molecule has 0 atom stereocenters. The number of halogens is 4. The molecule has 2 aliphatic rings. The Kier molecular flexibility index (Phi) is 3.97. The van der Waals surface area contributed by atoms with Crippen molar-refractivity contribution in [1.29, 1.82) is 0 Å². The summed E-state index contributed by atoms with van der Waals surface area (Å²) in [7, 11) is 0. The van der Waals surface area contributed by atoms with Crippen molar-refractivity contribution in [1.82, 2.24) is 14.4 Å². The van der Waals surface area contributed by atoms with Crippen LogP contribution < -0.4 is 5.32 Å². The molecule has 1 amide bonds. The minimum absolute atomic E-state index is 0.0100. The number of amides is 1. The summed E-state index contributed by atoms with van der Waals surface area (Å²) >= 11 is 0. The largest absolute Gasteiger partial charge is 0.434 e. The SMILES string of the molecule is CC(C)c1c(C2CC2)nc2c(-c3cc(F)c4c(c3)CC(=O)N4)c(C(F)(F)F)ncn12. The van der Waals surface area contributed by atoms with E-state index in [1.807, 2.05) is 13.8 Å². The van der Waals surface area contributed by atoms with Gasteiger partial charge in [-0.15, -0.1) is 0 Å². The number of benzene rings is 1. The Balaban J connectivity index is 1.84. The van der Waals surface area contributed by atoms with E-state index in [0.717, 1.165) is 36.6 Å². The number of alkyl halides is 3. The van der Waals surface area contributed by atoms with Crippen molar-refractivity contribution in [3.05, 3.63) is 46.9 Å². The van der Waals surface area contributed by atoms with Crippen LogP contribution in [0.15, 0.2) is 18.5 Å². The van der Waals surface area contributed by atoms with Gasteiger partial charge in [-0.3, -0.25) is 9.20 Å². The van der Waals surface area contributed by atoms with Crippen LogP contribution in [0.3, 0.4) is 0 Å². The standard InChI is InChI=1S/C21H18F4N4O/c1-9(2)18-17(10-3-4-10)28-20-15(19(21(23,24)25)26-8-29(18)20)11-5-12-7-14(30)27-16(12)13(22)6-11/h5-6,8-10H,3-4,7H2,1-2H3,(H,27,30). The van der Waals surface area contributed by atoms with Gasteiger partial charge in [0.25, 0.3) is 0 Å². The molecule has 0 spiro atoms. The lowest BCUT2D eigenvalue weighted by Gasteiger charge is -2.15. The first-order valence-corrected chi connectivity index (χ1v) is 9.75. The van der Waals surface area contributed by atoms with Crippen molar-refractivity contribution in [2.75, 3.05) is 5.32 Å². The lowest BCUT2D eigenvalue weighted by Crippen LogP contribution is -2.13. The summed E-state index contributed by atoms with van der Waals surface area (Å²) < 4.78 is 57.9. The van der Waals surface area contributed by atoms with Crippen molar-refractivity contribution in [3.8, 4) is 11.1 Å². The van der Waals surface area contributed by atoms with Crippen LogP contribution in [0.25, 0.3) is 16.8 Å². The average Bonchev–Trinajstić information content (AvgIpc) is 3.31. The minimum atomic E-state index is -4.75. The molecule has 5 nitrogen and oxygen atoms in total. The van der Waals surface area contributed by atoms with E-state index in [1.54, 1.807) is 4.40 Å². The smallest absolute Gasteiger partial charge is 0.323 e. The van der Waals surface area contributed by atoms with E-state index in [9.17, 15) is 22.4 Å². The Hall–Kier alpha value is -2.97. The molecule has 5 rings (SSSR count). The number of nitrogens with one attached hydrogen (secondary N) is 1. The second-order valence-corrected chi connectivity index (χ2v) is 8.19. The predicted octanol–water partition coefficient (Wildman–Crippen LogP) is 5.05. The lowest BCUT2D eigenvalue weighted by atomic mass is 10.00. The van der Waals surface area contributed by atoms with Crippen LogP contribution in [0.2, 0.25) is 0 Å². The molecule has 1 N–H and O–H groups in total. The van der Waals surface area contributed by atoms with E-state index in [-0.39, 0.29) is 40.7 Å². The molecule has 0 radical (unpaired) electrons. The monoisotopic (exact) mass is 418 g/mol. The van der Waals surface area contributed by atoms with Crippen LogP contribution in [0, 0.1) is 5.82 Å². The predicted molar refractivity (Wildman–Crippen MR) is 102 cm³/mol. The lowest BCUT2D eigenvalue weighted by molar-refractivity contribution is -0.140. The Morgan fingerprint density at radius 1 is 1.23 bits per heavy atom. The van der Waals surface area contributed by atoms with E-state index < -0.39 is 23.6 Å². The first-order chi connectivity index (χ1) is 14.1. The minimum Gasteiger partial charge on any atom is -0.323 e. The molecule has 1 aliphatic carbocycles. The third-order valence-corrected chi connectivity index (χ3v) is 5.59. The number of carbonyl (C=O) groups is 1. The number of hydrogen-bond donors (Lipinski definition) is 1. The van der Waals surface area contributed by atoms with Gasteiger partial charge in [0, 0.05) is 5.92 Å². The average molecular weight is 418 g/mol. The van der Waals surface area contributed by atoms with Crippen LogP contribution in [-0.2, 0) is 17.4 Å². The molecule has 1 aromatic carbocycles. The van der Waals surface area contributed by atoms with Crippen LogP contribution in [0.5, 0.6) is 0 Å². The quantitative estimate of drug-likeness (QED) is 0.606. The fourth-order valence-electron chi connectivity index (χ4n) is 4.20. The summed E-state index contributed by atoms with van der Waals surface area (Å²) in [6.45, 7) is 3.91. The van der Waals surface area contributed by atoms with Crippen LogP contribution in [0.4, 0.5) is 23.2 Å². The van der Waals surface area contributed by atoms with Gasteiger partial charge < -0.3 is 5.32 Å². The third kappa shape index (κ3) is 2.86. The number of imidazole rings is 1. The fraction of sp³-hybridized carbons (Fsp3) is 0.381. The zero-order valence-electron chi connectivity index (χ0n) is 16.3. The maximum atomic E-state index is 14.6. The molecule has 1 aliphatic heterocycles. The summed E-state index contributed by atoms with van der Waals surface area (Å²) in [5.74, 6) is -0.919. The Bertz CT molecular complexity index is 1210. The molecular formula is C21H18F4N4O. The number of fused-ring (bicyclic) bond motifs is 2. The van der Waals surface area contributed by atoms with Crippen molar-refractivity contribution in [3.63, 3.8) is 0 Å². The normalized spacial score (nSPS) is 16.4. The van der Waals surface area contributed by atoms with Gasteiger partial charge in [-0.25, -0.2) is 14.4 Å². The molecule has 1 saturated carbocycles. The Morgan fingerprint density at radius 2 is 1.97 bits per heavy atom. The molecule has 0 saturated heterocycles. The van der Waals surface area contributed by atoms with Crippen molar-refractivity contribution in [2.24, 2.45) is 0 Å². The van der Waals surface area contributed by atoms with Gasteiger partial charge in [0.1, 0.15) is 17.8 Å². The highest BCUT2D eigenvalue weighted by Gasteiger charge is 2.39. The number of rotatable bonds is 3. The van der Waals surface area contributed by atoms with Crippen LogP contribution in [-0.4, -0.2) is 20.3 Å². The van der Waals surface area contributed by atoms with Crippen LogP contribution >= 0.6 is 0 Å². The summed E-state index contributed by atoms with van der Waals surface area (Å²) in [6, 6.07) is 2.43. The van der Waals surface area contributed by atoms with Crippen molar-refractivity contribution in [2.45, 2.75) is 51.1 Å². The van der Waals surface area contributed by atoms with Crippen molar-refractivity contribution >= 4 is 17.2 Å². The van der Waals surface area contributed by atoms with Gasteiger partial charge in [0.05, 0.1) is 29.1 Å².